The number of benzene rings is 3. The molecule has 5 atom stereocenters. The normalized spacial score (nSPS) is 14.0. The summed E-state index contributed by atoms with van der Waals surface area (Å²) in [5, 5.41) is -1.53. The maximum Gasteiger partial charge on any atom is 1.00 e. The van der Waals surface area contributed by atoms with Crippen LogP contribution in [0.1, 0.15) is 89.8 Å². The standard InChI is InChI=1S/C39H51O18PS3.ClH.3Na.3H/c1-5-6-7-8-9-10-11-12-13-35(26(2)52-36(40)55-29-14-20-32(21-15-29)59(43,44)45)39(58,27(3)53-37(41)56-30-16-22-33(23-17-30)60(46,47)48)28(4)54-38(42)57-31-18-24-34(25-19-31)61(49,50)51;;;;;;;/h14-28,35H,5-13,58H2,1-4H3,(H,43,44,45)(H,46,47,48)(H,49,50,51);1H;;;;;;/q;;3*+1;3*-1. The fraction of sp³-hybridized carbons (Fsp3) is 0.462. The molecule has 0 saturated heterocycles. The molecule has 0 amide bonds. The molecule has 18 nitrogen and oxygen atoms in total. The van der Waals surface area contributed by atoms with E-state index in [1.807, 2.05) is 0 Å². The molecule has 5 unspecified atom stereocenters. The molecule has 0 aliphatic carbocycles. The number of unbranched alkanes of at least 4 members (excludes halogenated alkanes) is 7. The molecule has 0 aliphatic rings. The number of carbonyl (C=O) groups is 3. The zero-order chi connectivity index (χ0) is 45.6. The summed E-state index contributed by atoms with van der Waals surface area (Å²) in [6.45, 7) is 6.60. The number of hydrogen-bond acceptors (Lipinski definition) is 15. The molecule has 0 heterocycles. The van der Waals surface area contributed by atoms with Crippen molar-refractivity contribution in [3.63, 3.8) is 0 Å². The summed E-state index contributed by atoms with van der Waals surface area (Å²) in [6, 6.07) is 12.7. The first kappa shape index (κ1) is 66.0. The predicted octanol–water partition coefficient (Wildman–Crippen LogP) is 0.0710. The van der Waals surface area contributed by atoms with Gasteiger partial charge in [-0.25, -0.2) is 14.4 Å². The maximum absolute atomic E-state index is 13.2. The molecule has 0 bridgehead atoms. The zero-order valence-corrected chi connectivity index (χ0v) is 47.7. The molecule has 3 N–H and O–H groups in total. The van der Waals surface area contributed by atoms with Gasteiger partial charge in [0.05, 0.1) is 19.8 Å². The first-order chi connectivity index (χ1) is 28.4. The molecular formula is C39H55ClNa3O18PS3. The smallest absolute Gasteiger partial charge is 1.00 e. The van der Waals surface area contributed by atoms with Gasteiger partial charge in [0, 0.05) is 5.92 Å². The molecule has 0 fully saturated rings. The third-order valence-corrected chi connectivity index (χ3v) is 13.8. The molecule has 3 aromatic carbocycles. The van der Waals surface area contributed by atoms with Crippen LogP contribution < -0.4 is 103 Å². The average molecular weight is 1040 g/mol. The first-order valence-electron chi connectivity index (χ1n) is 19.1. The van der Waals surface area contributed by atoms with E-state index in [1.165, 1.54) is 13.8 Å². The van der Waals surface area contributed by atoms with Crippen LogP contribution in [0.3, 0.4) is 0 Å². The molecule has 0 saturated carbocycles. The summed E-state index contributed by atoms with van der Waals surface area (Å²) >= 11 is 0. The van der Waals surface area contributed by atoms with Gasteiger partial charge in [-0.2, -0.15) is 25.3 Å². The van der Waals surface area contributed by atoms with Crippen molar-refractivity contribution in [3.05, 3.63) is 72.8 Å². The third-order valence-electron chi connectivity index (χ3n) is 9.78. The van der Waals surface area contributed by atoms with E-state index < -0.39 is 92.9 Å². The van der Waals surface area contributed by atoms with Crippen molar-refractivity contribution in [1.29, 1.82) is 0 Å². The molecule has 0 aromatic heterocycles. The monoisotopic (exact) mass is 1040 g/mol. The second-order valence-corrected chi connectivity index (χ2v) is 19.4. The van der Waals surface area contributed by atoms with E-state index in [-0.39, 0.29) is 123 Å². The fourth-order valence-electron chi connectivity index (χ4n) is 6.45. The Bertz CT molecular complexity index is 2190. The van der Waals surface area contributed by atoms with E-state index in [0.717, 1.165) is 118 Å². The van der Waals surface area contributed by atoms with Gasteiger partial charge in [-0.15, -0.1) is 21.6 Å². The van der Waals surface area contributed by atoms with Gasteiger partial charge < -0.3 is 32.7 Å². The number of rotatable bonds is 22. The van der Waals surface area contributed by atoms with E-state index in [2.05, 4.69) is 16.2 Å². The van der Waals surface area contributed by atoms with Gasteiger partial charge in [-0.05, 0) is 100.0 Å². The number of halogens is 1. The van der Waals surface area contributed by atoms with Crippen molar-refractivity contribution in [2.75, 3.05) is 0 Å². The van der Waals surface area contributed by atoms with E-state index in [4.69, 9.17) is 28.4 Å². The van der Waals surface area contributed by atoms with Crippen LogP contribution in [0.2, 0.25) is 0 Å². The Morgan fingerprint density at radius 2 is 0.815 bits per heavy atom. The van der Waals surface area contributed by atoms with Gasteiger partial charge in [-0.1, -0.05) is 58.3 Å². The minimum absolute atomic E-state index is 0. The number of hydrogen-bond donors (Lipinski definition) is 3. The van der Waals surface area contributed by atoms with Crippen LogP contribution in [0.15, 0.2) is 87.5 Å². The Kier molecular flexibility index (Phi) is 31.0. The molecule has 352 valence electrons. The predicted molar refractivity (Wildman–Crippen MR) is 232 cm³/mol. The average Bonchev–Trinajstić information content (AvgIpc) is 3.16. The Hall–Kier alpha value is -1.08. The Morgan fingerprint density at radius 1 is 0.538 bits per heavy atom. The SMILES string of the molecule is CCCCCCCCCCC(C(C)OC(=O)Oc1ccc(S(=O)(=O)O)cc1)C(P)(C(C)OC(=O)Oc1ccc(S(=O)(=O)O)cc1)C(C)OC(=O)Oc1ccc(S(=O)(=O)O)cc1.Cl.[H-].[H-].[H-].[Na+].[Na+].[Na+]. The summed E-state index contributed by atoms with van der Waals surface area (Å²) < 4.78 is 130. The zero-order valence-electron chi connectivity index (χ0n) is 40.3. The summed E-state index contributed by atoms with van der Waals surface area (Å²) in [5.41, 5.74) is 0. The maximum atomic E-state index is 13.2. The van der Waals surface area contributed by atoms with Crippen molar-refractivity contribution in [2.24, 2.45) is 5.92 Å². The van der Waals surface area contributed by atoms with Crippen molar-refractivity contribution < 1.29 is 175 Å². The van der Waals surface area contributed by atoms with Gasteiger partial charge in [0.1, 0.15) is 35.6 Å². The molecule has 65 heavy (non-hydrogen) atoms. The van der Waals surface area contributed by atoms with E-state index >= 15 is 0 Å². The van der Waals surface area contributed by atoms with Crippen molar-refractivity contribution >= 4 is 70.5 Å². The Balaban J connectivity index is -0.00000189. The van der Waals surface area contributed by atoms with Gasteiger partial charge in [0.2, 0.25) is 0 Å². The first-order valence-corrected chi connectivity index (χ1v) is 24.0. The van der Waals surface area contributed by atoms with Gasteiger partial charge in [0.25, 0.3) is 30.4 Å². The Morgan fingerprint density at radius 3 is 1.11 bits per heavy atom. The number of ether oxygens (including phenoxy) is 6. The van der Waals surface area contributed by atoms with Crippen LogP contribution in [0.5, 0.6) is 17.2 Å². The molecular weight excluding hydrogens is 988 g/mol. The van der Waals surface area contributed by atoms with Crippen LogP contribution >= 0.6 is 21.6 Å². The van der Waals surface area contributed by atoms with Crippen LogP contribution in [-0.4, -0.2) is 80.8 Å². The molecule has 0 aliphatic heterocycles. The summed E-state index contributed by atoms with van der Waals surface area (Å²) in [7, 11) is -11.1. The largest absolute Gasteiger partial charge is 1.00 e. The Labute approximate surface area is 459 Å². The summed E-state index contributed by atoms with van der Waals surface area (Å²) in [5.74, 6) is -1.23. The van der Waals surface area contributed by atoms with Crippen molar-refractivity contribution in [3.8, 4) is 17.2 Å². The van der Waals surface area contributed by atoms with Crippen molar-refractivity contribution in [1.82, 2.24) is 0 Å². The van der Waals surface area contributed by atoms with Gasteiger partial charge >= 0.3 is 107 Å². The van der Waals surface area contributed by atoms with E-state index in [1.54, 1.807) is 6.92 Å². The van der Waals surface area contributed by atoms with E-state index in [0.29, 0.717) is 12.8 Å². The summed E-state index contributed by atoms with van der Waals surface area (Å²) in [4.78, 5) is 38.3. The van der Waals surface area contributed by atoms with Crippen LogP contribution in [-0.2, 0) is 44.6 Å². The quantitative estimate of drug-likeness (QED) is 0.0229. The van der Waals surface area contributed by atoms with E-state index in [9.17, 15) is 53.3 Å². The fourth-order valence-corrected chi connectivity index (χ4v) is 8.46. The minimum atomic E-state index is -4.54. The minimum Gasteiger partial charge on any atom is -1.00 e. The molecule has 0 spiro atoms. The summed E-state index contributed by atoms with van der Waals surface area (Å²) in [6.07, 6.45) is 0.589. The van der Waals surface area contributed by atoms with Crippen LogP contribution in [0, 0.1) is 5.92 Å². The second kappa shape index (κ2) is 30.5. The topological polar surface area (TPSA) is 270 Å². The second-order valence-electron chi connectivity index (χ2n) is 14.1. The molecule has 3 aromatic rings. The van der Waals surface area contributed by atoms with Gasteiger partial charge in [0.15, 0.2) is 0 Å². The molecule has 0 radical (unpaired) electrons. The van der Waals surface area contributed by atoms with Crippen LogP contribution in [0.25, 0.3) is 0 Å². The van der Waals surface area contributed by atoms with Gasteiger partial charge in [-0.3, -0.25) is 13.7 Å². The van der Waals surface area contributed by atoms with Crippen LogP contribution in [0.4, 0.5) is 14.4 Å². The number of carbonyl (C=O) groups excluding carboxylic acids is 3. The van der Waals surface area contributed by atoms with Crippen molar-refractivity contribution in [2.45, 2.75) is 124 Å². The molecule has 3 rings (SSSR count). The molecule has 26 heteroatoms. The third kappa shape index (κ3) is 22.0.